The van der Waals surface area contributed by atoms with Crippen LogP contribution in [0.3, 0.4) is 0 Å². The summed E-state index contributed by atoms with van der Waals surface area (Å²) in [5.41, 5.74) is 2.38. The molecule has 0 spiro atoms. The fourth-order valence-electron chi connectivity index (χ4n) is 3.03. The molecule has 0 saturated heterocycles. The number of carbonyl (C=O) groups excluding carboxylic acids is 1. The van der Waals surface area contributed by atoms with Gasteiger partial charge in [-0.25, -0.2) is 0 Å². The lowest BCUT2D eigenvalue weighted by atomic mass is 10.2. The molecule has 0 aliphatic rings. The van der Waals surface area contributed by atoms with E-state index < -0.39 is 0 Å². The molecule has 0 aliphatic carbocycles. The quantitative estimate of drug-likeness (QED) is 0.378. The van der Waals surface area contributed by atoms with Crippen molar-refractivity contribution in [1.29, 1.82) is 0 Å². The predicted molar refractivity (Wildman–Crippen MR) is 108 cm³/mol. The highest BCUT2D eigenvalue weighted by atomic mass is 35.5. The van der Waals surface area contributed by atoms with E-state index in [1.165, 1.54) is 22.9 Å². The van der Waals surface area contributed by atoms with Gasteiger partial charge in [0.2, 0.25) is 0 Å². The third kappa shape index (κ3) is 4.08. The second kappa shape index (κ2) is 7.77. The average Bonchev–Trinajstić information content (AvgIpc) is 2.79. The molecule has 2 aromatic carbocycles. The van der Waals surface area contributed by atoms with Crippen molar-refractivity contribution in [2.24, 2.45) is 5.92 Å². The van der Waals surface area contributed by atoms with Crippen LogP contribution >= 0.6 is 23.4 Å². The molecule has 0 aliphatic heterocycles. The summed E-state index contributed by atoms with van der Waals surface area (Å²) in [6.45, 7) is 8.93. The zero-order valence-electron chi connectivity index (χ0n) is 15.4. The molecule has 1 heterocycles. The van der Waals surface area contributed by atoms with Crippen LogP contribution in [0.4, 0.5) is 0 Å². The first-order valence-electron chi connectivity index (χ1n) is 8.60. The van der Waals surface area contributed by atoms with Gasteiger partial charge in [-0.2, -0.15) is 0 Å². The average molecular weight is 388 g/mol. The van der Waals surface area contributed by atoms with Gasteiger partial charge in [-0.3, -0.25) is 4.79 Å². The Labute approximate surface area is 163 Å². The Balaban J connectivity index is 2.05. The fraction of sp³-hybridized carbons (Fsp3) is 0.286. The van der Waals surface area contributed by atoms with Gasteiger partial charge in [0.05, 0.1) is 5.52 Å². The van der Waals surface area contributed by atoms with Crippen molar-refractivity contribution in [3.8, 4) is 5.75 Å². The van der Waals surface area contributed by atoms with E-state index in [4.69, 9.17) is 16.3 Å². The number of fused-ring (bicyclic) bond motifs is 1. The second-order valence-electron chi connectivity index (χ2n) is 6.75. The first-order chi connectivity index (χ1) is 12.3. The van der Waals surface area contributed by atoms with Gasteiger partial charge < -0.3 is 9.30 Å². The Morgan fingerprint density at radius 2 is 2.00 bits per heavy atom. The van der Waals surface area contributed by atoms with E-state index in [9.17, 15) is 4.79 Å². The molecule has 0 N–H and O–H groups in total. The highest BCUT2D eigenvalue weighted by Gasteiger charge is 2.16. The van der Waals surface area contributed by atoms with Gasteiger partial charge in [0, 0.05) is 39.4 Å². The lowest BCUT2D eigenvalue weighted by Gasteiger charge is -2.11. The minimum absolute atomic E-state index is 0.313. The highest BCUT2D eigenvalue weighted by Crippen LogP contribution is 2.40. The number of carbonyl (C=O) groups is 1. The predicted octanol–water partition coefficient (Wildman–Crippen LogP) is 6.34. The molecule has 0 amide bonds. The number of aromatic nitrogens is 1. The summed E-state index contributed by atoms with van der Waals surface area (Å²) in [6, 6.07) is 13.7. The van der Waals surface area contributed by atoms with Gasteiger partial charge in [0.25, 0.3) is 0 Å². The summed E-state index contributed by atoms with van der Waals surface area (Å²) in [6.07, 6.45) is 0. The van der Waals surface area contributed by atoms with E-state index in [0.29, 0.717) is 11.7 Å². The molecular weight excluding hydrogens is 366 g/mol. The molecule has 0 unspecified atom stereocenters. The number of rotatable bonds is 5. The van der Waals surface area contributed by atoms with Crippen LogP contribution in [-0.2, 0) is 11.3 Å². The minimum atomic E-state index is -0.313. The third-order valence-corrected chi connectivity index (χ3v) is 5.51. The first-order valence-corrected chi connectivity index (χ1v) is 9.79. The smallest absolute Gasteiger partial charge is 0.308 e. The highest BCUT2D eigenvalue weighted by molar-refractivity contribution is 7.99. The van der Waals surface area contributed by atoms with Crippen LogP contribution in [0.2, 0.25) is 5.02 Å². The molecule has 5 heteroatoms. The van der Waals surface area contributed by atoms with Crippen LogP contribution in [0.15, 0.2) is 52.3 Å². The third-order valence-electron chi connectivity index (χ3n) is 4.06. The zero-order valence-corrected chi connectivity index (χ0v) is 16.9. The van der Waals surface area contributed by atoms with Crippen LogP contribution in [0.5, 0.6) is 5.75 Å². The number of benzene rings is 2. The maximum atomic E-state index is 11.2. The molecule has 0 fully saturated rings. The number of hydrogen-bond acceptors (Lipinski definition) is 3. The summed E-state index contributed by atoms with van der Waals surface area (Å²) >= 11 is 7.93. The Morgan fingerprint density at radius 3 is 2.69 bits per heavy atom. The maximum absolute atomic E-state index is 11.2. The zero-order chi connectivity index (χ0) is 18.8. The standard InChI is InChI=1S/C21H22ClNO2S/c1-13(2)12-23-14(3)21(19-9-8-16(22)10-20(19)23)26-18-7-5-6-17(11-18)25-15(4)24/h5-11,13H,12H2,1-4H3. The van der Waals surface area contributed by atoms with E-state index in [2.05, 4.69) is 31.4 Å². The van der Waals surface area contributed by atoms with E-state index >= 15 is 0 Å². The molecule has 26 heavy (non-hydrogen) atoms. The van der Waals surface area contributed by atoms with Crippen molar-refractivity contribution in [2.75, 3.05) is 0 Å². The van der Waals surface area contributed by atoms with Crippen molar-refractivity contribution < 1.29 is 9.53 Å². The monoisotopic (exact) mass is 387 g/mol. The number of nitrogens with zero attached hydrogens (tertiary/aromatic N) is 1. The second-order valence-corrected chi connectivity index (χ2v) is 8.27. The van der Waals surface area contributed by atoms with E-state index in [1.54, 1.807) is 17.8 Å². The van der Waals surface area contributed by atoms with Crippen LogP contribution in [-0.4, -0.2) is 10.5 Å². The summed E-state index contributed by atoms with van der Waals surface area (Å²) in [4.78, 5) is 13.4. The van der Waals surface area contributed by atoms with Gasteiger partial charge in [0.15, 0.2) is 0 Å². The lowest BCUT2D eigenvalue weighted by Crippen LogP contribution is -2.05. The van der Waals surface area contributed by atoms with Crippen LogP contribution in [0.25, 0.3) is 10.9 Å². The molecule has 0 bridgehead atoms. The largest absolute Gasteiger partial charge is 0.427 e. The normalized spacial score (nSPS) is 11.3. The van der Waals surface area contributed by atoms with Crippen LogP contribution in [0, 0.1) is 12.8 Å². The topological polar surface area (TPSA) is 31.2 Å². The van der Waals surface area contributed by atoms with Crippen molar-refractivity contribution >= 4 is 40.2 Å². The van der Waals surface area contributed by atoms with Crippen molar-refractivity contribution in [1.82, 2.24) is 4.57 Å². The maximum Gasteiger partial charge on any atom is 0.308 e. The van der Waals surface area contributed by atoms with Crippen LogP contribution < -0.4 is 4.74 Å². The number of hydrogen-bond donors (Lipinski definition) is 0. The van der Waals surface area contributed by atoms with Crippen molar-refractivity contribution in [2.45, 2.75) is 44.0 Å². The summed E-state index contributed by atoms with van der Waals surface area (Å²) in [5, 5.41) is 1.93. The Hall–Kier alpha value is -1.91. The molecule has 3 aromatic rings. The number of halogens is 1. The van der Waals surface area contributed by atoms with Crippen molar-refractivity contribution in [3.63, 3.8) is 0 Å². The van der Waals surface area contributed by atoms with E-state index in [-0.39, 0.29) is 5.97 Å². The molecule has 0 radical (unpaired) electrons. The first kappa shape index (κ1) is 18.9. The van der Waals surface area contributed by atoms with Crippen molar-refractivity contribution in [3.05, 3.63) is 53.2 Å². The Bertz CT molecular complexity index is 962. The van der Waals surface area contributed by atoms with Gasteiger partial charge in [-0.1, -0.05) is 49.3 Å². The molecule has 136 valence electrons. The molecule has 3 nitrogen and oxygen atoms in total. The van der Waals surface area contributed by atoms with Gasteiger partial charge in [0.1, 0.15) is 5.75 Å². The minimum Gasteiger partial charge on any atom is -0.427 e. The Morgan fingerprint density at radius 1 is 1.23 bits per heavy atom. The summed E-state index contributed by atoms with van der Waals surface area (Å²) in [5.74, 6) is 0.786. The molecular formula is C21H22ClNO2S. The number of esters is 1. The van der Waals surface area contributed by atoms with Crippen LogP contribution in [0.1, 0.15) is 26.5 Å². The van der Waals surface area contributed by atoms with Gasteiger partial charge >= 0.3 is 5.97 Å². The number of ether oxygens (including phenoxy) is 1. The summed E-state index contributed by atoms with van der Waals surface area (Å²) < 4.78 is 7.55. The molecule has 0 saturated carbocycles. The lowest BCUT2D eigenvalue weighted by molar-refractivity contribution is -0.131. The van der Waals surface area contributed by atoms with E-state index in [0.717, 1.165) is 22.0 Å². The molecule has 1 aromatic heterocycles. The molecule has 3 rings (SSSR count). The fourth-order valence-corrected chi connectivity index (χ4v) is 4.30. The SMILES string of the molecule is CC(=O)Oc1cccc(Sc2c(C)n(CC(C)C)c3cc(Cl)ccc23)c1. The van der Waals surface area contributed by atoms with E-state index in [1.807, 2.05) is 30.3 Å². The van der Waals surface area contributed by atoms with Gasteiger partial charge in [-0.15, -0.1) is 0 Å². The Kier molecular flexibility index (Phi) is 5.64. The molecule has 0 atom stereocenters. The van der Waals surface area contributed by atoms with Gasteiger partial charge in [-0.05, 0) is 43.2 Å². The summed E-state index contributed by atoms with van der Waals surface area (Å²) in [7, 11) is 0.